The van der Waals surface area contributed by atoms with Crippen LogP contribution in [-0.4, -0.2) is 21.1 Å². The van der Waals surface area contributed by atoms with Crippen LogP contribution in [0.3, 0.4) is 0 Å². The summed E-state index contributed by atoms with van der Waals surface area (Å²) in [7, 11) is 0. The molecule has 1 aliphatic rings. The molecular formula is C22H18N2O2. The predicted molar refractivity (Wildman–Crippen MR) is 101 cm³/mol. The average molecular weight is 342 g/mol. The van der Waals surface area contributed by atoms with E-state index in [1.165, 1.54) is 5.56 Å². The van der Waals surface area contributed by atoms with E-state index in [-0.39, 0.29) is 6.61 Å². The molecule has 4 nitrogen and oxygen atoms in total. The minimum atomic E-state index is 0.0490. The number of pyridine rings is 1. The highest BCUT2D eigenvalue weighted by molar-refractivity contribution is 5.69. The lowest BCUT2D eigenvalue weighted by Gasteiger charge is -2.04. The van der Waals surface area contributed by atoms with Gasteiger partial charge in [-0.3, -0.25) is 0 Å². The van der Waals surface area contributed by atoms with Crippen LogP contribution in [0.25, 0.3) is 28.0 Å². The van der Waals surface area contributed by atoms with E-state index >= 15 is 0 Å². The number of benzene rings is 2. The fraction of sp³-hybridized carbons (Fsp3) is 0.136. The van der Waals surface area contributed by atoms with E-state index < -0.39 is 0 Å². The van der Waals surface area contributed by atoms with Crippen molar-refractivity contribution in [2.75, 3.05) is 6.61 Å². The number of aliphatic hydroxyl groups is 1. The van der Waals surface area contributed by atoms with Crippen LogP contribution in [0.5, 0.6) is 5.75 Å². The van der Waals surface area contributed by atoms with Gasteiger partial charge in [0.1, 0.15) is 11.4 Å². The van der Waals surface area contributed by atoms with Gasteiger partial charge in [-0.15, -0.1) is 0 Å². The Kier molecular flexibility index (Phi) is 3.50. The van der Waals surface area contributed by atoms with Crippen LogP contribution in [0.15, 0.2) is 67.0 Å². The van der Waals surface area contributed by atoms with Crippen LogP contribution in [-0.2, 0) is 13.0 Å². The number of imidazole rings is 1. The van der Waals surface area contributed by atoms with E-state index in [9.17, 15) is 5.11 Å². The summed E-state index contributed by atoms with van der Waals surface area (Å²) in [4.78, 5) is 4.76. The topological polar surface area (TPSA) is 46.8 Å². The molecule has 0 aliphatic carbocycles. The van der Waals surface area contributed by atoms with Crippen molar-refractivity contribution >= 4 is 5.65 Å². The van der Waals surface area contributed by atoms with Crippen LogP contribution in [0.4, 0.5) is 0 Å². The monoisotopic (exact) mass is 342 g/mol. The fourth-order valence-electron chi connectivity index (χ4n) is 3.50. The molecule has 0 bridgehead atoms. The second-order valence-corrected chi connectivity index (χ2v) is 6.59. The first-order valence-electron chi connectivity index (χ1n) is 8.75. The second kappa shape index (κ2) is 6.00. The summed E-state index contributed by atoms with van der Waals surface area (Å²) >= 11 is 0. The molecule has 3 heterocycles. The Balaban J connectivity index is 1.56. The number of fused-ring (bicyclic) bond motifs is 2. The number of rotatable bonds is 3. The fourth-order valence-corrected chi connectivity index (χ4v) is 3.50. The van der Waals surface area contributed by atoms with Crippen molar-refractivity contribution in [3.63, 3.8) is 0 Å². The molecule has 2 aromatic heterocycles. The highest BCUT2D eigenvalue weighted by Crippen LogP contribution is 2.30. The first-order valence-corrected chi connectivity index (χ1v) is 8.75. The largest absolute Gasteiger partial charge is 0.493 e. The molecule has 5 rings (SSSR count). The van der Waals surface area contributed by atoms with Gasteiger partial charge < -0.3 is 14.2 Å². The van der Waals surface area contributed by atoms with Crippen LogP contribution >= 0.6 is 0 Å². The van der Waals surface area contributed by atoms with E-state index in [0.717, 1.165) is 52.4 Å². The molecule has 0 spiro atoms. The molecule has 26 heavy (non-hydrogen) atoms. The number of hydrogen-bond donors (Lipinski definition) is 1. The molecule has 0 amide bonds. The second-order valence-electron chi connectivity index (χ2n) is 6.59. The highest BCUT2D eigenvalue weighted by atomic mass is 16.5. The van der Waals surface area contributed by atoms with Gasteiger partial charge in [-0.1, -0.05) is 18.2 Å². The van der Waals surface area contributed by atoms with E-state index in [4.69, 9.17) is 9.72 Å². The Labute approximate surface area is 151 Å². The first-order chi connectivity index (χ1) is 12.8. The normalized spacial score (nSPS) is 13.0. The summed E-state index contributed by atoms with van der Waals surface area (Å²) in [6.45, 7) is 0.813. The third kappa shape index (κ3) is 2.55. The van der Waals surface area contributed by atoms with Gasteiger partial charge >= 0.3 is 0 Å². The number of aromatic nitrogens is 2. The Morgan fingerprint density at radius 2 is 1.88 bits per heavy atom. The lowest BCUT2D eigenvalue weighted by molar-refractivity contribution is 0.282. The summed E-state index contributed by atoms with van der Waals surface area (Å²) in [6.07, 6.45) is 5.10. The zero-order chi connectivity index (χ0) is 17.5. The summed E-state index contributed by atoms with van der Waals surface area (Å²) in [6, 6.07) is 18.3. The Hall–Kier alpha value is -3.11. The Bertz CT molecular complexity index is 1110. The Morgan fingerprint density at radius 3 is 2.81 bits per heavy atom. The van der Waals surface area contributed by atoms with Crippen LogP contribution < -0.4 is 4.74 Å². The van der Waals surface area contributed by atoms with Crippen molar-refractivity contribution in [3.8, 4) is 28.1 Å². The molecule has 2 aromatic carbocycles. The molecule has 0 atom stereocenters. The van der Waals surface area contributed by atoms with Gasteiger partial charge in [-0.05, 0) is 58.7 Å². The molecular weight excluding hydrogens is 324 g/mol. The minimum Gasteiger partial charge on any atom is -0.493 e. The maximum absolute atomic E-state index is 9.35. The average Bonchev–Trinajstić information content (AvgIpc) is 3.33. The minimum absolute atomic E-state index is 0.0490. The van der Waals surface area contributed by atoms with Crippen LogP contribution in [0.2, 0.25) is 0 Å². The zero-order valence-corrected chi connectivity index (χ0v) is 14.2. The van der Waals surface area contributed by atoms with Gasteiger partial charge in [-0.25, -0.2) is 4.98 Å². The van der Waals surface area contributed by atoms with Crippen molar-refractivity contribution in [1.29, 1.82) is 0 Å². The molecule has 0 unspecified atom stereocenters. The molecule has 1 N–H and O–H groups in total. The molecule has 4 aromatic rings. The zero-order valence-electron chi connectivity index (χ0n) is 14.2. The smallest absolute Gasteiger partial charge is 0.137 e. The van der Waals surface area contributed by atoms with Crippen molar-refractivity contribution in [1.82, 2.24) is 9.38 Å². The summed E-state index contributed by atoms with van der Waals surface area (Å²) in [5.41, 5.74) is 7.33. The molecule has 0 fully saturated rings. The quantitative estimate of drug-likeness (QED) is 0.610. The predicted octanol–water partition coefficient (Wildman–Crippen LogP) is 4.10. The summed E-state index contributed by atoms with van der Waals surface area (Å²) in [5, 5.41) is 9.35. The summed E-state index contributed by atoms with van der Waals surface area (Å²) < 4.78 is 7.64. The highest BCUT2D eigenvalue weighted by Gasteiger charge is 2.14. The molecule has 0 radical (unpaired) electrons. The van der Waals surface area contributed by atoms with E-state index in [1.807, 2.05) is 30.3 Å². The number of hydrogen-bond acceptors (Lipinski definition) is 3. The SMILES string of the molecule is OCc1cccc(-c2ccc3nc(-c4ccc5c(c4)CCO5)cn3c2)c1. The maximum Gasteiger partial charge on any atom is 0.137 e. The molecule has 0 saturated heterocycles. The van der Waals surface area contributed by atoms with E-state index in [1.54, 1.807) is 0 Å². The van der Waals surface area contributed by atoms with Gasteiger partial charge in [0.05, 0.1) is 18.9 Å². The van der Waals surface area contributed by atoms with Crippen molar-refractivity contribution in [2.45, 2.75) is 13.0 Å². The molecule has 128 valence electrons. The number of nitrogens with zero attached hydrogens (tertiary/aromatic N) is 2. The number of aliphatic hydroxyl groups excluding tert-OH is 1. The van der Waals surface area contributed by atoms with Gasteiger partial charge in [0, 0.05) is 24.4 Å². The van der Waals surface area contributed by atoms with E-state index in [2.05, 4.69) is 41.1 Å². The third-order valence-electron chi connectivity index (χ3n) is 4.88. The lowest BCUT2D eigenvalue weighted by atomic mass is 10.1. The van der Waals surface area contributed by atoms with Gasteiger partial charge in [0.15, 0.2) is 0 Å². The molecule has 1 aliphatic heterocycles. The van der Waals surface area contributed by atoms with Gasteiger partial charge in [-0.2, -0.15) is 0 Å². The standard InChI is InChI=1S/C22H18N2O2/c25-14-15-2-1-3-16(10-15)19-5-7-22-23-20(13-24(22)12-19)17-4-6-21-18(11-17)8-9-26-21/h1-7,10-13,25H,8-9,14H2. The first kappa shape index (κ1) is 15.2. The van der Waals surface area contributed by atoms with Crippen molar-refractivity contribution in [3.05, 3.63) is 78.1 Å². The number of ether oxygens (including phenoxy) is 1. The maximum atomic E-state index is 9.35. The van der Waals surface area contributed by atoms with Crippen molar-refractivity contribution in [2.24, 2.45) is 0 Å². The molecule has 4 heteroatoms. The van der Waals surface area contributed by atoms with Gasteiger partial charge in [0.25, 0.3) is 0 Å². The summed E-state index contributed by atoms with van der Waals surface area (Å²) in [5.74, 6) is 0.989. The van der Waals surface area contributed by atoms with Crippen molar-refractivity contribution < 1.29 is 9.84 Å². The Morgan fingerprint density at radius 1 is 0.962 bits per heavy atom. The van der Waals surface area contributed by atoms with Crippen LogP contribution in [0.1, 0.15) is 11.1 Å². The van der Waals surface area contributed by atoms with Crippen LogP contribution in [0, 0.1) is 0 Å². The molecule has 0 saturated carbocycles. The lowest BCUT2D eigenvalue weighted by Crippen LogP contribution is -1.87. The third-order valence-corrected chi connectivity index (χ3v) is 4.88. The van der Waals surface area contributed by atoms with E-state index in [0.29, 0.717) is 0 Å². The van der Waals surface area contributed by atoms with Gasteiger partial charge in [0.2, 0.25) is 0 Å².